The summed E-state index contributed by atoms with van der Waals surface area (Å²) in [6.45, 7) is 4.23. The van der Waals surface area contributed by atoms with E-state index in [0.29, 0.717) is 13.2 Å². The van der Waals surface area contributed by atoms with Crippen molar-refractivity contribution in [1.82, 2.24) is 15.6 Å². The normalized spacial score (nSPS) is 13.0. The minimum atomic E-state index is 0.267. The topological polar surface area (TPSA) is 77.0 Å². The fraction of sp³-hybridized carbons (Fsp3) is 0.412. The number of benzene rings is 1. The summed E-state index contributed by atoms with van der Waals surface area (Å²) >= 11 is 1.67. The predicted octanol–water partition coefficient (Wildman–Crippen LogP) is 1.97. The van der Waals surface area contributed by atoms with Crippen molar-refractivity contribution in [3.63, 3.8) is 0 Å². The molecule has 0 bridgehead atoms. The minimum absolute atomic E-state index is 0.267. The Morgan fingerprint density at radius 1 is 1.28 bits per heavy atom. The third-order valence-electron chi connectivity index (χ3n) is 3.57. The van der Waals surface area contributed by atoms with Crippen LogP contribution in [0.1, 0.15) is 10.7 Å². The first-order chi connectivity index (χ1) is 12.2. The van der Waals surface area contributed by atoms with Crippen molar-refractivity contribution < 1.29 is 14.2 Å². The molecule has 0 radical (unpaired) electrons. The van der Waals surface area contributed by atoms with E-state index in [-0.39, 0.29) is 6.79 Å². The first-order valence-electron chi connectivity index (χ1n) is 8.12. The predicted molar refractivity (Wildman–Crippen MR) is 98.0 cm³/mol. The standard InChI is InChI=1S/C17H22N4O3S/c1-12-21-13(10-25-12)5-6-19-17(18-2)20-7-8-22-14-3-4-15-16(9-14)24-11-23-15/h3-4,9-10H,5-8,11H2,1-2H3,(H2,18,19,20). The van der Waals surface area contributed by atoms with Crippen molar-refractivity contribution in [2.45, 2.75) is 13.3 Å². The van der Waals surface area contributed by atoms with E-state index < -0.39 is 0 Å². The molecular formula is C17H22N4O3S. The van der Waals surface area contributed by atoms with Gasteiger partial charge in [-0.3, -0.25) is 4.99 Å². The van der Waals surface area contributed by atoms with Crippen LogP contribution in [0, 0.1) is 6.92 Å². The molecule has 134 valence electrons. The largest absolute Gasteiger partial charge is 0.492 e. The van der Waals surface area contributed by atoms with Gasteiger partial charge in [-0.15, -0.1) is 11.3 Å². The summed E-state index contributed by atoms with van der Waals surface area (Å²) in [5.41, 5.74) is 1.11. The van der Waals surface area contributed by atoms with E-state index >= 15 is 0 Å². The van der Waals surface area contributed by atoms with Crippen LogP contribution in [-0.4, -0.2) is 44.5 Å². The van der Waals surface area contributed by atoms with Crippen LogP contribution in [0.3, 0.4) is 0 Å². The maximum absolute atomic E-state index is 5.71. The second-order valence-corrected chi connectivity index (χ2v) is 6.46. The lowest BCUT2D eigenvalue weighted by molar-refractivity contribution is 0.173. The summed E-state index contributed by atoms with van der Waals surface area (Å²) in [7, 11) is 1.75. The molecule has 0 fully saturated rings. The van der Waals surface area contributed by atoms with Gasteiger partial charge in [0.05, 0.1) is 17.2 Å². The lowest BCUT2D eigenvalue weighted by atomic mass is 10.3. The second kappa shape index (κ2) is 8.57. The van der Waals surface area contributed by atoms with Gasteiger partial charge in [0, 0.05) is 31.5 Å². The van der Waals surface area contributed by atoms with Gasteiger partial charge in [0.2, 0.25) is 6.79 Å². The van der Waals surface area contributed by atoms with Crippen molar-refractivity contribution in [3.8, 4) is 17.2 Å². The molecule has 1 aromatic carbocycles. The van der Waals surface area contributed by atoms with Crippen molar-refractivity contribution in [2.24, 2.45) is 4.99 Å². The van der Waals surface area contributed by atoms with Crippen LogP contribution in [0.5, 0.6) is 17.2 Å². The van der Waals surface area contributed by atoms with Crippen molar-refractivity contribution in [3.05, 3.63) is 34.3 Å². The molecule has 0 saturated heterocycles. The van der Waals surface area contributed by atoms with Crippen molar-refractivity contribution in [2.75, 3.05) is 33.5 Å². The molecule has 1 aliphatic heterocycles. The number of nitrogens with zero attached hydrogens (tertiary/aromatic N) is 2. The van der Waals surface area contributed by atoms with Crippen LogP contribution >= 0.6 is 11.3 Å². The summed E-state index contributed by atoms with van der Waals surface area (Å²) in [6, 6.07) is 5.56. The SMILES string of the molecule is CN=C(NCCOc1ccc2c(c1)OCO2)NCCc1csc(C)n1. The number of aromatic nitrogens is 1. The highest BCUT2D eigenvalue weighted by Gasteiger charge is 2.13. The van der Waals surface area contributed by atoms with Gasteiger partial charge in [-0.25, -0.2) is 4.98 Å². The van der Waals surface area contributed by atoms with Gasteiger partial charge >= 0.3 is 0 Å². The lowest BCUT2D eigenvalue weighted by Gasteiger charge is -2.12. The molecule has 8 heteroatoms. The van der Waals surface area contributed by atoms with Crippen molar-refractivity contribution in [1.29, 1.82) is 0 Å². The Hall–Kier alpha value is -2.48. The molecule has 2 aromatic rings. The van der Waals surface area contributed by atoms with E-state index in [0.717, 1.165) is 46.9 Å². The highest BCUT2D eigenvalue weighted by Crippen LogP contribution is 2.34. The molecule has 25 heavy (non-hydrogen) atoms. The average Bonchev–Trinajstić information content (AvgIpc) is 3.25. The number of guanidine groups is 1. The molecule has 0 saturated carbocycles. The van der Waals surface area contributed by atoms with Gasteiger partial charge in [0.1, 0.15) is 12.4 Å². The van der Waals surface area contributed by atoms with Gasteiger partial charge in [0.15, 0.2) is 17.5 Å². The maximum Gasteiger partial charge on any atom is 0.231 e. The number of hydrogen-bond acceptors (Lipinski definition) is 6. The molecule has 0 atom stereocenters. The summed E-state index contributed by atoms with van der Waals surface area (Å²) in [4.78, 5) is 8.65. The summed E-state index contributed by atoms with van der Waals surface area (Å²) in [6.07, 6.45) is 0.874. The Balaban J connectivity index is 1.34. The number of hydrogen-bond donors (Lipinski definition) is 2. The van der Waals surface area contributed by atoms with Gasteiger partial charge in [-0.2, -0.15) is 0 Å². The van der Waals surface area contributed by atoms with E-state index in [1.165, 1.54) is 0 Å². The Labute approximate surface area is 151 Å². The van der Waals surface area contributed by atoms with Crippen LogP contribution in [0.2, 0.25) is 0 Å². The highest BCUT2D eigenvalue weighted by molar-refractivity contribution is 7.09. The number of rotatable bonds is 7. The molecule has 0 spiro atoms. The van der Waals surface area contributed by atoms with Gasteiger partial charge in [-0.05, 0) is 19.1 Å². The summed E-state index contributed by atoms with van der Waals surface area (Å²) in [5.74, 6) is 2.99. The zero-order chi connectivity index (χ0) is 17.5. The van der Waals surface area contributed by atoms with Crippen molar-refractivity contribution >= 4 is 17.3 Å². The molecule has 0 unspecified atom stereocenters. The molecule has 3 rings (SSSR count). The third kappa shape index (κ3) is 4.99. The number of ether oxygens (including phenoxy) is 3. The Bertz CT molecular complexity index is 732. The molecular weight excluding hydrogens is 340 g/mol. The maximum atomic E-state index is 5.71. The Kier molecular flexibility index (Phi) is 5.95. The number of aryl methyl sites for hydroxylation is 1. The molecule has 1 aromatic heterocycles. The first-order valence-corrected chi connectivity index (χ1v) is 9.00. The number of thiazole rings is 1. The van der Waals surface area contributed by atoms with E-state index in [2.05, 4.69) is 26.0 Å². The summed E-state index contributed by atoms with van der Waals surface area (Å²) < 4.78 is 16.3. The zero-order valence-electron chi connectivity index (χ0n) is 14.4. The van der Waals surface area contributed by atoms with E-state index in [1.807, 2.05) is 25.1 Å². The van der Waals surface area contributed by atoms with Gasteiger partial charge < -0.3 is 24.8 Å². The highest BCUT2D eigenvalue weighted by atomic mass is 32.1. The minimum Gasteiger partial charge on any atom is -0.492 e. The molecule has 2 N–H and O–H groups in total. The van der Waals surface area contributed by atoms with Crippen LogP contribution in [0.15, 0.2) is 28.6 Å². The molecule has 1 aliphatic rings. The van der Waals surface area contributed by atoms with Crippen LogP contribution < -0.4 is 24.8 Å². The second-order valence-electron chi connectivity index (χ2n) is 5.40. The molecule has 2 heterocycles. The monoisotopic (exact) mass is 362 g/mol. The van der Waals surface area contributed by atoms with Crippen LogP contribution in [0.4, 0.5) is 0 Å². The van der Waals surface area contributed by atoms with E-state index in [9.17, 15) is 0 Å². The fourth-order valence-corrected chi connectivity index (χ4v) is 3.00. The Morgan fingerprint density at radius 2 is 2.12 bits per heavy atom. The Morgan fingerprint density at radius 3 is 2.92 bits per heavy atom. The lowest BCUT2D eigenvalue weighted by Crippen LogP contribution is -2.40. The molecule has 7 nitrogen and oxygen atoms in total. The van der Waals surface area contributed by atoms with Gasteiger partial charge in [-0.1, -0.05) is 0 Å². The number of fused-ring (bicyclic) bond motifs is 1. The number of aliphatic imine (C=N–C) groups is 1. The fourth-order valence-electron chi connectivity index (χ4n) is 2.36. The van der Waals surface area contributed by atoms with Crippen LogP contribution in [0.25, 0.3) is 0 Å². The molecule has 0 amide bonds. The quantitative estimate of drug-likeness (QED) is 0.445. The average molecular weight is 362 g/mol. The van der Waals surface area contributed by atoms with E-state index in [4.69, 9.17) is 14.2 Å². The molecule has 0 aliphatic carbocycles. The smallest absolute Gasteiger partial charge is 0.231 e. The number of nitrogens with one attached hydrogen (secondary N) is 2. The first kappa shape index (κ1) is 17.3. The van der Waals surface area contributed by atoms with Crippen LogP contribution in [-0.2, 0) is 6.42 Å². The zero-order valence-corrected chi connectivity index (χ0v) is 15.2. The van der Waals surface area contributed by atoms with E-state index in [1.54, 1.807) is 18.4 Å². The summed E-state index contributed by atoms with van der Waals surface area (Å²) in [5, 5.41) is 9.68. The third-order valence-corrected chi connectivity index (χ3v) is 4.39. The van der Waals surface area contributed by atoms with Gasteiger partial charge in [0.25, 0.3) is 0 Å².